The molecule has 1 aromatic rings. The highest BCUT2D eigenvalue weighted by atomic mass is 16.6. The summed E-state index contributed by atoms with van der Waals surface area (Å²) in [6, 6.07) is 2.84. The predicted molar refractivity (Wildman–Crippen MR) is 81.5 cm³/mol. The second-order valence-electron chi connectivity index (χ2n) is 6.33. The zero-order valence-electron chi connectivity index (χ0n) is 13.1. The summed E-state index contributed by atoms with van der Waals surface area (Å²) in [5.74, 6) is -0.0519. The van der Waals surface area contributed by atoms with Gasteiger partial charge in [0.25, 0.3) is 0 Å². The maximum absolute atomic E-state index is 12.6. The predicted octanol–water partition coefficient (Wildman–Crippen LogP) is 2.27. The van der Waals surface area contributed by atoms with Crippen LogP contribution >= 0.6 is 0 Å². The van der Waals surface area contributed by atoms with Crippen LogP contribution in [0, 0.1) is 0 Å². The Labute approximate surface area is 129 Å². The molecule has 1 amide bonds. The van der Waals surface area contributed by atoms with Crippen molar-refractivity contribution in [3.8, 4) is 0 Å². The molecule has 3 N–H and O–H groups in total. The van der Waals surface area contributed by atoms with Crippen LogP contribution in [0.5, 0.6) is 0 Å². The van der Waals surface area contributed by atoms with Crippen LogP contribution in [0.2, 0.25) is 0 Å². The lowest BCUT2D eigenvalue weighted by Crippen LogP contribution is -2.45. The second kappa shape index (κ2) is 6.21. The average molecular weight is 306 g/mol. The van der Waals surface area contributed by atoms with Gasteiger partial charge in [0.1, 0.15) is 11.6 Å². The standard InChI is InChI=1S/C15H22N4O3/c1-15(2,3)22-14(20)19(11-4-5-11)12(13(16)18-21)10-6-8-17-9-7-10/h6-9,11-12,21H,4-5H2,1-3H3,(H2,16,18). The maximum atomic E-state index is 12.6. The van der Waals surface area contributed by atoms with Gasteiger partial charge in [-0.25, -0.2) is 4.79 Å². The molecule has 1 aliphatic rings. The highest BCUT2D eigenvalue weighted by Crippen LogP contribution is 2.35. The summed E-state index contributed by atoms with van der Waals surface area (Å²) in [5.41, 5.74) is 5.96. The Kier molecular flexibility index (Phi) is 4.54. The molecule has 0 bridgehead atoms. The van der Waals surface area contributed by atoms with Gasteiger partial charge in [-0.15, -0.1) is 0 Å². The lowest BCUT2D eigenvalue weighted by molar-refractivity contribution is 0.0189. The number of pyridine rings is 1. The van der Waals surface area contributed by atoms with Crippen molar-refractivity contribution in [1.82, 2.24) is 9.88 Å². The summed E-state index contributed by atoms with van der Waals surface area (Å²) in [7, 11) is 0. The molecule has 0 aliphatic heterocycles. The molecule has 0 spiro atoms. The minimum Gasteiger partial charge on any atom is -0.444 e. The summed E-state index contributed by atoms with van der Waals surface area (Å²) < 4.78 is 5.48. The minimum atomic E-state index is -0.671. The van der Waals surface area contributed by atoms with Gasteiger partial charge >= 0.3 is 6.09 Å². The van der Waals surface area contributed by atoms with Gasteiger partial charge in [-0.1, -0.05) is 5.16 Å². The quantitative estimate of drug-likeness (QED) is 0.384. The van der Waals surface area contributed by atoms with Crippen molar-refractivity contribution >= 4 is 11.9 Å². The molecule has 1 fully saturated rings. The Hall–Kier alpha value is -2.31. The van der Waals surface area contributed by atoms with Crippen LogP contribution in [0.25, 0.3) is 0 Å². The first-order valence-electron chi connectivity index (χ1n) is 7.22. The van der Waals surface area contributed by atoms with E-state index < -0.39 is 17.7 Å². The summed E-state index contributed by atoms with van der Waals surface area (Å²) in [5, 5.41) is 12.2. The van der Waals surface area contributed by atoms with E-state index in [1.807, 2.05) is 0 Å². The zero-order valence-corrected chi connectivity index (χ0v) is 13.1. The number of rotatable bonds is 4. The summed E-state index contributed by atoms with van der Waals surface area (Å²) in [6.07, 6.45) is 4.49. The minimum absolute atomic E-state index is 0.0355. The molecule has 1 aliphatic carbocycles. The molecule has 1 atom stereocenters. The lowest BCUT2D eigenvalue weighted by atomic mass is 10.1. The zero-order chi connectivity index (χ0) is 16.3. The number of carbonyl (C=O) groups is 1. The van der Waals surface area contributed by atoms with Gasteiger partial charge in [-0.3, -0.25) is 9.88 Å². The van der Waals surface area contributed by atoms with Crippen LogP contribution in [0.1, 0.15) is 45.2 Å². The number of amidine groups is 1. The van der Waals surface area contributed by atoms with Crippen molar-refractivity contribution in [3.05, 3.63) is 30.1 Å². The number of hydrogen-bond acceptors (Lipinski definition) is 5. The molecular formula is C15H22N4O3. The van der Waals surface area contributed by atoms with E-state index in [9.17, 15) is 4.79 Å². The highest BCUT2D eigenvalue weighted by Gasteiger charge is 2.42. The monoisotopic (exact) mass is 306 g/mol. The molecular weight excluding hydrogens is 284 g/mol. The molecule has 0 radical (unpaired) electrons. The van der Waals surface area contributed by atoms with Gasteiger partial charge in [0, 0.05) is 18.4 Å². The smallest absolute Gasteiger partial charge is 0.411 e. The first-order chi connectivity index (χ1) is 10.3. The van der Waals surface area contributed by atoms with Crippen molar-refractivity contribution < 1.29 is 14.7 Å². The van der Waals surface area contributed by atoms with Crippen molar-refractivity contribution in [2.75, 3.05) is 0 Å². The van der Waals surface area contributed by atoms with Gasteiger partial charge in [-0.2, -0.15) is 0 Å². The van der Waals surface area contributed by atoms with Gasteiger partial charge in [0.2, 0.25) is 0 Å². The third-order valence-corrected chi connectivity index (χ3v) is 3.24. The van der Waals surface area contributed by atoms with Gasteiger partial charge in [0.15, 0.2) is 5.84 Å². The topological polar surface area (TPSA) is 101 Å². The molecule has 0 saturated heterocycles. The van der Waals surface area contributed by atoms with E-state index in [-0.39, 0.29) is 11.9 Å². The number of nitrogens with zero attached hydrogens (tertiary/aromatic N) is 3. The van der Waals surface area contributed by atoms with Crippen LogP contribution in [0.3, 0.4) is 0 Å². The van der Waals surface area contributed by atoms with Crippen LogP contribution in [-0.4, -0.2) is 38.7 Å². The molecule has 1 saturated carbocycles. The number of nitrogens with two attached hydrogens (primary N) is 1. The van der Waals surface area contributed by atoms with Gasteiger partial charge in [-0.05, 0) is 51.3 Å². The Morgan fingerprint density at radius 3 is 2.50 bits per heavy atom. The Morgan fingerprint density at radius 2 is 2.05 bits per heavy atom. The number of carbonyl (C=O) groups excluding carboxylic acids is 1. The third kappa shape index (κ3) is 3.87. The van der Waals surface area contributed by atoms with Crippen molar-refractivity contribution in [2.24, 2.45) is 10.9 Å². The molecule has 0 aromatic carbocycles. The molecule has 7 heteroatoms. The van der Waals surface area contributed by atoms with Crippen LogP contribution in [0.15, 0.2) is 29.7 Å². The van der Waals surface area contributed by atoms with Crippen LogP contribution < -0.4 is 5.73 Å². The summed E-state index contributed by atoms with van der Waals surface area (Å²) in [6.45, 7) is 5.42. The van der Waals surface area contributed by atoms with E-state index in [1.54, 1.807) is 50.2 Å². The molecule has 1 aromatic heterocycles. The average Bonchev–Trinajstić information content (AvgIpc) is 3.27. The van der Waals surface area contributed by atoms with E-state index in [1.165, 1.54) is 0 Å². The maximum Gasteiger partial charge on any atom is 0.411 e. The van der Waals surface area contributed by atoms with E-state index in [4.69, 9.17) is 15.7 Å². The fraction of sp³-hybridized carbons (Fsp3) is 0.533. The molecule has 1 unspecified atom stereocenters. The summed E-state index contributed by atoms with van der Waals surface area (Å²) >= 11 is 0. The molecule has 22 heavy (non-hydrogen) atoms. The van der Waals surface area contributed by atoms with Crippen molar-refractivity contribution in [1.29, 1.82) is 0 Å². The first kappa shape index (κ1) is 16.1. The van der Waals surface area contributed by atoms with E-state index in [0.29, 0.717) is 0 Å². The van der Waals surface area contributed by atoms with Crippen molar-refractivity contribution in [3.63, 3.8) is 0 Å². The van der Waals surface area contributed by atoms with E-state index in [0.717, 1.165) is 18.4 Å². The Balaban J connectivity index is 2.36. The molecule has 120 valence electrons. The molecule has 7 nitrogen and oxygen atoms in total. The number of hydrogen-bond donors (Lipinski definition) is 2. The van der Waals surface area contributed by atoms with Crippen LogP contribution in [-0.2, 0) is 4.74 Å². The Morgan fingerprint density at radius 1 is 1.45 bits per heavy atom. The fourth-order valence-electron chi connectivity index (χ4n) is 2.21. The SMILES string of the molecule is CC(C)(C)OC(=O)N(C1CC1)C(/C(N)=N/O)c1ccncc1. The fourth-order valence-corrected chi connectivity index (χ4v) is 2.21. The summed E-state index contributed by atoms with van der Waals surface area (Å²) in [4.78, 5) is 18.1. The van der Waals surface area contributed by atoms with Gasteiger partial charge in [0.05, 0.1) is 0 Å². The number of ether oxygens (including phenoxy) is 1. The number of oxime groups is 1. The largest absolute Gasteiger partial charge is 0.444 e. The third-order valence-electron chi connectivity index (χ3n) is 3.24. The number of amides is 1. The highest BCUT2D eigenvalue weighted by molar-refractivity contribution is 5.89. The lowest BCUT2D eigenvalue weighted by Gasteiger charge is -2.33. The normalized spacial score (nSPS) is 17.0. The van der Waals surface area contributed by atoms with E-state index >= 15 is 0 Å². The number of aromatic nitrogens is 1. The van der Waals surface area contributed by atoms with E-state index in [2.05, 4.69) is 10.1 Å². The second-order valence-corrected chi connectivity index (χ2v) is 6.33. The molecule has 2 rings (SSSR count). The first-order valence-corrected chi connectivity index (χ1v) is 7.22. The van der Waals surface area contributed by atoms with Crippen molar-refractivity contribution in [2.45, 2.75) is 51.3 Å². The van der Waals surface area contributed by atoms with Gasteiger partial charge < -0.3 is 15.7 Å². The van der Waals surface area contributed by atoms with Crippen LogP contribution in [0.4, 0.5) is 4.79 Å². The molecule has 1 heterocycles. The Bertz CT molecular complexity index is 550.